The molecule has 4 saturated carbocycles. The number of carbonyl (C=O) groups excluding carboxylic acids is 3. The highest BCUT2D eigenvalue weighted by molar-refractivity contribution is 6.14. The van der Waals surface area contributed by atoms with Crippen molar-refractivity contribution in [2.24, 2.45) is 23.2 Å². The lowest BCUT2D eigenvalue weighted by molar-refractivity contribution is -0.142. The van der Waals surface area contributed by atoms with Gasteiger partial charge < -0.3 is 4.74 Å². The molecule has 4 bridgehead atoms. The lowest BCUT2D eigenvalue weighted by atomic mass is 9.49. The van der Waals surface area contributed by atoms with Crippen LogP contribution >= 0.6 is 0 Å². The SMILES string of the molecule is O=[C]c1ccccc1C(=O)c1ccccc1OC(=O)CC12CC3CC(CC(C3)C1)C2. The topological polar surface area (TPSA) is 60.4 Å². The maximum absolute atomic E-state index is 13.1. The summed E-state index contributed by atoms with van der Waals surface area (Å²) in [4.78, 5) is 37.2. The summed E-state index contributed by atoms with van der Waals surface area (Å²) in [5, 5.41) is 0. The highest BCUT2D eigenvalue weighted by Crippen LogP contribution is 2.61. The van der Waals surface area contributed by atoms with Gasteiger partial charge in [-0.3, -0.25) is 14.4 Å². The summed E-state index contributed by atoms with van der Waals surface area (Å²) in [6, 6.07) is 13.3. The third-order valence-corrected chi connectivity index (χ3v) is 7.32. The van der Waals surface area contributed by atoms with Crippen molar-refractivity contribution in [3.8, 4) is 5.75 Å². The Morgan fingerprint density at radius 2 is 1.43 bits per heavy atom. The zero-order valence-corrected chi connectivity index (χ0v) is 16.9. The molecule has 4 heteroatoms. The van der Waals surface area contributed by atoms with Crippen LogP contribution in [0.1, 0.15) is 66.4 Å². The lowest BCUT2D eigenvalue weighted by Crippen LogP contribution is -2.47. The first-order valence-electron chi connectivity index (χ1n) is 10.9. The van der Waals surface area contributed by atoms with Gasteiger partial charge in [0.1, 0.15) is 5.75 Å². The summed E-state index contributed by atoms with van der Waals surface area (Å²) in [6.45, 7) is 0. The highest BCUT2D eigenvalue weighted by atomic mass is 16.5. The smallest absolute Gasteiger partial charge is 0.311 e. The second-order valence-corrected chi connectivity index (χ2v) is 9.54. The molecule has 0 saturated heterocycles. The summed E-state index contributed by atoms with van der Waals surface area (Å²) in [5.74, 6) is 1.98. The van der Waals surface area contributed by atoms with Crippen molar-refractivity contribution in [3.05, 3.63) is 65.2 Å². The van der Waals surface area contributed by atoms with Crippen LogP contribution in [-0.2, 0) is 9.59 Å². The molecule has 0 unspecified atom stereocenters. The van der Waals surface area contributed by atoms with Crippen LogP contribution in [0.4, 0.5) is 0 Å². The number of hydrogen-bond donors (Lipinski definition) is 0. The first-order valence-corrected chi connectivity index (χ1v) is 10.9. The fraction of sp³-hybridized carbons (Fsp3) is 0.423. The number of rotatable bonds is 6. The van der Waals surface area contributed by atoms with Crippen LogP contribution in [0, 0.1) is 23.2 Å². The van der Waals surface area contributed by atoms with Gasteiger partial charge in [-0.1, -0.05) is 36.4 Å². The van der Waals surface area contributed by atoms with Crippen LogP contribution in [0.5, 0.6) is 5.75 Å². The molecule has 4 aliphatic carbocycles. The molecule has 2 aromatic carbocycles. The standard InChI is InChI=1S/C26H25O4/c27-16-20-5-1-2-6-21(20)25(29)22-7-3-4-8-23(22)30-24(28)15-26-12-17-9-18(13-26)11-19(10-17)14-26/h1-8,17-19H,9-15H2. The van der Waals surface area contributed by atoms with Crippen molar-refractivity contribution < 1.29 is 19.1 Å². The number of esters is 1. The minimum absolute atomic E-state index is 0.0872. The summed E-state index contributed by atoms with van der Waals surface area (Å²) >= 11 is 0. The predicted octanol–water partition coefficient (Wildman–Crippen LogP) is 4.89. The van der Waals surface area contributed by atoms with Crippen molar-refractivity contribution in [1.82, 2.24) is 0 Å². The molecule has 6 rings (SSSR count). The number of para-hydroxylation sites is 1. The third kappa shape index (κ3) is 3.49. The van der Waals surface area contributed by atoms with Gasteiger partial charge in [-0.15, -0.1) is 0 Å². The van der Waals surface area contributed by atoms with Gasteiger partial charge in [0.15, 0.2) is 5.78 Å². The minimum atomic E-state index is -0.341. The quantitative estimate of drug-likeness (QED) is 0.393. The second-order valence-electron chi connectivity index (χ2n) is 9.54. The Balaban J connectivity index is 1.35. The van der Waals surface area contributed by atoms with E-state index in [1.54, 1.807) is 48.5 Å². The van der Waals surface area contributed by atoms with Crippen LogP contribution in [-0.4, -0.2) is 18.0 Å². The molecular formula is C26H25O4. The maximum Gasteiger partial charge on any atom is 0.311 e. The van der Waals surface area contributed by atoms with Crippen LogP contribution in [0.25, 0.3) is 0 Å². The Labute approximate surface area is 176 Å². The van der Waals surface area contributed by atoms with Crippen LogP contribution < -0.4 is 4.74 Å². The predicted molar refractivity (Wildman–Crippen MR) is 112 cm³/mol. The Kier molecular flexibility index (Phi) is 4.80. The number of carbonyl (C=O) groups is 2. The van der Waals surface area contributed by atoms with Crippen molar-refractivity contribution in [3.63, 3.8) is 0 Å². The van der Waals surface area contributed by atoms with Crippen molar-refractivity contribution in [2.45, 2.75) is 44.9 Å². The molecule has 0 aromatic heterocycles. The molecule has 0 amide bonds. The van der Waals surface area contributed by atoms with Gasteiger partial charge in [-0.05, 0) is 73.8 Å². The van der Waals surface area contributed by atoms with Crippen LogP contribution in [0.3, 0.4) is 0 Å². The van der Waals surface area contributed by atoms with E-state index in [1.165, 1.54) is 19.3 Å². The van der Waals surface area contributed by atoms with Crippen molar-refractivity contribution in [1.29, 1.82) is 0 Å². The Morgan fingerprint density at radius 1 is 0.867 bits per heavy atom. The summed E-state index contributed by atoms with van der Waals surface area (Å²) < 4.78 is 5.74. The summed E-state index contributed by atoms with van der Waals surface area (Å²) in [7, 11) is 0. The van der Waals surface area contributed by atoms with Crippen LogP contribution in [0.2, 0.25) is 0 Å². The van der Waals surface area contributed by atoms with E-state index in [9.17, 15) is 14.4 Å². The zero-order valence-electron chi connectivity index (χ0n) is 16.9. The monoisotopic (exact) mass is 401 g/mol. The van der Waals surface area contributed by atoms with Gasteiger partial charge in [-0.25, -0.2) is 0 Å². The molecule has 30 heavy (non-hydrogen) atoms. The Morgan fingerprint density at radius 3 is 2.07 bits per heavy atom. The largest absolute Gasteiger partial charge is 0.426 e. The van der Waals surface area contributed by atoms with Crippen molar-refractivity contribution >= 4 is 18.0 Å². The number of ketones is 1. The average Bonchev–Trinajstić information content (AvgIpc) is 2.72. The molecule has 0 aliphatic heterocycles. The third-order valence-electron chi connectivity index (χ3n) is 7.32. The van der Waals surface area contributed by atoms with E-state index >= 15 is 0 Å². The number of benzene rings is 2. The van der Waals surface area contributed by atoms with E-state index in [0.29, 0.717) is 12.0 Å². The molecule has 0 heterocycles. The fourth-order valence-corrected chi connectivity index (χ4v) is 6.63. The van der Waals surface area contributed by atoms with E-state index in [0.717, 1.165) is 37.0 Å². The molecule has 0 spiro atoms. The molecular weight excluding hydrogens is 376 g/mol. The normalized spacial score (nSPS) is 28.9. The Hall–Kier alpha value is -2.75. The molecule has 4 aliphatic rings. The van der Waals surface area contributed by atoms with E-state index in [1.807, 2.05) is 6.29 Å². The van der Waals surface area contributed by atoms with Crippen molar-refractivity contribution in [2.75, 3.05) is 0 Å². The van der Waals surface area contributed by atoms with Gasteiger partial charge in [0.25, 0.3) is 0 Å². The molecule has 2 aromatic rings. The molecule has 153 valence electrons. The summed E-state index contributed by atoms with van der Waals surface area (Å²) in [5.41, 5.74) is 0.845. The highest BCUT2D eigenvalue weighted by Gasteiger charge is 2.51. The average molecular weight is 401 g/mol. The molecule has 0 N–H and O–H groups in total. The fourth-order valence-electron chi connectivity index (χ4n) is 6.63. The van der Waals surface area contributed by atoms with Gasteiger partial charge >= 0.3 is 5.97 Å². The molecule has 4 fully saturated rings. The lowest BCUT2D eigenvalue weighted by Gasteiger charge is -2.56. The second kappa shape index (κ2) is 7.50. The molecule has 0 atom stereocenters. The zero-order chi connectivity index (χ0) is 20.7. The minimum Gasteiger partial charge on any atom is -0.426 e. The first kappa shape index (κ1) is 19.2. The van der Waals surface area contributed by atoms with Gasteiger partial charge in [-0.2, -0.15) is 0 Å². The van der Waals surface area contributed by atoms with E-state index < -0.39 is 0 Å². The number of hydrogen-bond acceptors (Lipinski definition) is 4. The molecule has 4 nitrogen and oxygen atoms in total. The van der Waals surface area contributed by atoms with Gasteiger partial charge in [0, 0.05) is 11.1 Å². The maximum atomic E-state index is 13.1. The Bertz CT molecular complexity index is 970. The van der Waals surface area contributed by atoms with E-state index in [-0.39, 0.29) is 34.0 Å². The molecule has 1 radical (unpaired) electrons. The van der Waals surface area contributed by atoms with Crippen LogP contribution in [0.15, 0.2) is 48.5 Å². The number of ether oxygens (including phenoxy) is 1. The summed E-state index contributed by atoms with van der Waals surface area (Å²) in [6.07, 6.45) is 9.65. The first-order chi connectivity index (χ1) is 14.5. The van der Waals surface area contributed by atoms with Gasteiger partial charge in [0.05, 0.1) is 12.0 Å². The van der Waals surface area contributed by atoms with Gasteiger partial charge in [0.2, 0.25) is 6.29 Å². The van der Waals surface area contributed by atoms with E-state index in [2.05, 4.69) is 0 Å². The van der Waals surface area contributed by atoms with E-state index in [4.69, 9.17) is 4.74 Å².